The SMILES string of the molecule is COc1cccc(-c2ccn(-c3cc(Cl)nc(OCCc4ccccn4)n3)n2)c1. The summed E-state index contributed by atoms with van der Waals surface area (Å²) in [6, 6.07) is 17.2. The number of aromatic nitrogens is 5. The van der Waals surface area contributed by atoms with E-state index in [1.54, 1.807) is 24.1 Å². The average molecular weight is 408 g/mol. The van der Waals surface area contributed by atoms with Crippen molar-refractivity contribution in [2.24, 2.45) is 0 Å². The Labute approximate surface area is 172 Å². The van der Waals surface area contributed by atoms with Crippen LogP contribution in [0.4, 0.5) is 0 Å². The van der Waals surface area contributed by atoms with E-state index in [1.165, 1.54) is 0 Å². The summed E-state index contributed by atoms with van der Waals surface area (Å²) in [5.41, 5.74) is 2.66. The summed E-state index contributed by atoms with van der Waals surface area (Å²) < 4.78 is 12.6. The number of benzene rings is 1. The summed E-state index contributed by atoms with van der Waals surface area (Å²) in [7, 11) is 1.63. The van der Waals surface area contributed by atoms with Crippen molar-refractivity contribution < 1.29 is 9.47 Å². The van der Waals surface area contributed by atoms with Crippen LogP contribution in [0.25, 0.3) is 17.1 Å². The predicted octanol–water partition coefficient (Wildman–Crippen LogP) is 4.01. The number of pyridine rings is 1. The molecule has 0 unspecified atom stereocenters. The fourth-order valence-corrected chi connectivity index (χ4v) is 2.92. The Morgan fingerprint density at radius 3 is 2.79 bits per heavy atom. The lowest BCUT2D eigenvalue weighted by molar-refractivity contribution is 0.294. The first kappa shape index (κ1) is 18.9. The third-order valence-corrected chi connectivity index (χ3v) is 4.36. The van der Waals surface area contributed by atoms with Crippen LogP contribution in [0, 0.1) is 0 Å². The van der Waals surface area contributed by atoms with Gasteiger partial charge in [0.05, 0.1) is 19.4 Å². The summed E-state index contributed by atoms with van der Waals surface area (Å²) in [5.74, 6) is 1.29. The van der Waals surface area contributed by atoms with E-state index in [1.807, 2.05) is 54.7 Å². The molecule has 0 saturated heterocycles. The third kappa shape index (κ3) is 4.70. The minimum Gasteiger partial charge on any atom is -0.497 e. The second-order valence-electron chi connectivity index (χ2n) is 6.13. The molecule has 0 atom stereocenters. The van der Waals surface area contributed by atoms with Gasteiger partial charge in [-0.25, -0.2) is 4.68 Å². The zero-order valence-electron chi connectivity index (χ0n) is 15.7. The highest BCUT2D eigenvalue weighted by molar-refractivity contribution is 6.29. The quantitative estimate of drug-likeness (QED) is 0.431. The van der Waals surface area contributed by atoms with Crippen molar-refractivity contribution in [1.82, 2.24) is 24.7 Å². The summed E-state index contributed by atoms with van der Waals surface area (Å²) in [5, 5.41) is 4.86. The molecule has 0 fully saturated rings. The van der Waals surface area contributed by atoms with Crippen LogP contribution < -0.4 is 9.47 Å². The third-order valence-electron chi connectivity index (χ3n) is 4.17. The van der Waals surface area contributed by atoms with E-state index in [0.29, 0.717) is 18.8 Å². The minimum absolute atomic E-state index is 0.196. The Kier molecular flexibility index (Phi) is 5.67. The Bertz CT molecular complexity index is 1100. The van der Waals surface area contributed by atoms with Gasteiger partial charge in [0, 0.05) is 36.1 Å². The first-order chi connectivity index (χ1) is 14.2. The van der Waals surface area contributed by atoms with Gasteiger partial charge in [-0.3, -0.25) is 4.98 Å². The molecule has 0 radical (unpaired) electrons. The molecule has 146 valence electrons. The highest BCUT2D eigenvalue weighted by atomic mass is 35.5. The first-order valence-corrected chi connectivity index (χ1v) is 9.37. The Balaban J connectivity index is 1.51. The van der Waals surface area contributed by atoms with Gasteiger partial charge < -0.3 is 9.47 Å². The molecule has 0 saturated carbocycles. The number of halogens is 1. The molecule has 4 rings (SSSR count). The summed E-state index contributed by atoms with van der Waals surface area (Å²) in [4.78, 5) is 12.8. The van der Waals surface area contributed by atoms with Gasteiger partial charge in [0.15, 0.2) is 5.82 Å². The fraction of sp³-hybridized carbons (Fsp3) is 0.143. The van der Waals surface area contributed by atoms with E-state index in [0.717, 1.165) is 22.7 Å². The van der Waals surface area contributed by atoms with Crippen molar-refractivity contribution in [3.8, 4) is 28.8 Å². The first-order valence-electron chi connectivity index (χ1n) is 8.99. The van der Waals surface area contributed by atoms with Crippen molar-refractivity contribution >= 4 is 11.6 Å². The molecule has 3 aromatic heterocycles. The highest BCUT2D eigenvalue weighted by Crippen LogP contribution is 2.23. The molecule has 0 N–H and O–H groups in total. The van der Waals surface area contributed by atoms with Crippen LogP contribution in [0.1, 0.15) is 5.69 Å². The molecule has 0 aliphatic heterocycles. The van der Waals surface area contributed by atoms with Crippen molar-refractivity contribution in [1.29, 1.82) is 0 Å². The van der Waals surface area contributed by atoms with E-state index in [2.05, 4.69) is 20.1 Å². The van der Waals surface area contributed by atoms with Gasteiger partial charge in [-0.15, -0.1) is 0 Å². The standard InChI is InChI=1S/C21H18ClN5O2/c1-28-17-7-4-5-15(13-17)18-8-11-27(26-18)20-14-19(22)24-21(25-20)29-12-9-16-6-2-3-10-23-16/h2-8,10-11,13-14H,9,12H2,1H3. The second-order valence-corrected chi connectivity index (χ2v) is 6.52. The van der Waals surface area contributed by atoms with Crippen LogP contribution in [-0.2, 0) is 6.42 Å². The number of hydrogen-bond acceptors (Lipinski definition) is 6. The zero-order valence-corrected chi connectivity index (χ0v) is 16.5. The van der Waals surface area contributed by atoms with Gasteiger partial charge in [-0.05, 0) is 30.3 Å². The molecule has 29 heavy (non-hydrogen) atoms. The van der Waals surface area contributed by atoms with Crippen molar-refractivity contribution in [2.45, 2.75) is 6.42 Å². The van der Waals surface area contributed by atoms with E-state index in [-0.39, 0.29) is 11.2 Å². The van der Waals surface area contributed by atoms with Gasteiger partial charge in [0.1, 0.15) is 10.9 Å². The largest absolute Gasteiger partial charge is 0.497 e. The summed E-state index contributed by atoms with van der Waals surface area (Å²) in [6.07, 6.45) is 4.21. The van der Waals surface area contributed by atoms with Gasteiger partial charge in [0.2, 0.25) is 0 Å². The molecule has 3 heterocycles. The highest BCUT2D eigenvalue weighted by Gasteiger charge is 2.10. The smallest absolute Gasteiger partial charge is 0.319 e. The number of rotatable bonds is 7. The van der Waals surface area contributed by atoms with Gasteiger partial charge in [0.25, 0.3) is 0 Å². The van der Waals surface area contributed by atoms with E-state index >= 15 is 0 Å². The molecule has 1 aromatic carbocycles. The van der Waals surface area contributed by atoms with Crippen molar-refractivity contribution in [2.75, 3.05) is 13.7 Å². The van der Waals surface area contributed by atoms with E-state index in [9.17, 15) is 0 Å². The number of nitrogens with zero attached hydrogens (tertiary/aromatic N) is 5. The molecule has 4 aromatic rings. The molecule has 0 aliphatic rings. The lowest BCUT2D eigenvalue weighted by atomic mass is 10.1. The minimum atomic E-state index is 0.196. The number of hydrogen-bond donors (Lipinski definition) is 0. The van der Waals surface area contributed by atoms with Crippen LogP contribution in [0.3, 0.4) is 0 Å². The van der Waals surface area contributed by atoms with Crippen molar-refractivity contribution in [3.05, 3.63) is 77.8 Å². The number of ether oxygens (including phenoxy) is 2. The second kappa shape index (κ2) is 8.70. The topological polar surface area (TPSA) is 75.0 Å². The molecular formula is C21H18ClN5O2. The van der Waals surface area contributed by atoms with Crippen molar-refractivity contribution in [3.63, 3.8) is 0 Å². The molecule has 8 heteroatoms. The van der Waals surface area contributed by atoms with Gasteiger partial charge in [-0.1, -0.05) is 29.8 Å². The van der Waals surface area contributed by atoms with Crippen LogP contribution in [0.15, 0.2) is 67.0 Å². The van der Waals surface area contributed by atoms with Gasteiger partial charge >= 0.3 is 6.01 Å². The Hall–Kier alpha value is -3.45. The van der Waals surface area contributed by atoms with Gasteiger partial charge in [-0.2, -0.15) is 15.1 Å². The average Bonchev–Trinajstić information content (AvgIpc) is 3.25. The van der Waals surface area contributed by atoms with Crippen LogP contribution in [0.2, 0.25) is 5.15 Å². The molecule has 0 spiro atoms. The summed E-state index contributed by atoms with van der Waals surface area (Å²) >= 11 is 6.16. The lowest BCUT2D eigenvalue weighted by Gasteiger charge is -2.07. The van der Waals surface area contributed by atoms with Crippen LogP contribution >= 0.6 is 11.6 Å². The maximum absolute atomic E-state index is 6.16. The monoisotopic (exact) mass is 407 g/mol. The predicted molar refractivity (Wildman–Crippen MR) is 110 cm³/mol. The van der Waals surface area contributed by atoms with E-state index in [4.69, 9.17) is 21.1 Å². The van der Waals surface area contributed by atoms with Crippen LogP contribution in [-0.4, -0.2) is 38.4 Å². The zero-order chi connectivity index (χ0) is 20.1. The molecule has 0 amide bonds. The lowest BCUT2D eigenvalue weighted by Crippen LogP contribution is -2.07. The number of methoxy groups -OCH3 is 1. The fourth-order valence-electron chi connectivity index (χ4n) is 2.75. The Morgan fingerprint density at radius 1 is 1.03 bits per heavy atom. The maximum atomic E-state index is 6.16. The molecule has 0 bridgehead atoms. The molecule has 7 nitrogen and oxygen atoms in total. The van der Waals surface area contributed by atoms with Crippen LogP contribution in [0.5, 0.6) is 11.8 Å². The van der Waals surface area contributed by atoms with E-state index < -0.39 is 0 Å². The summed E-state index contributed by atoms with van der Waals surface area (Å²) in [6.45, 7) is 0.394. The maximum Gasteiger partial charge on any atom is 0.319 e. The molecular weight excluding hydrogens is 390 g/mol. The molecule has 0 aliphatic carbocycles. The Morgan fingerprint density at radius 2 is 1.97 bits per heavy atom. The normalized spacial score (nSPS) is 10.7.